The Kier molecular flexibility index (Phi) is 2.93. The number of pyridine rings is 1. The Labute approximate surface area is 72.0 Å². The fourth-order valence-corrected chi connectivity index (χ4v) is 0.975. The lowest BCUT2D eigenvalue weighted by Crippen LogP contribution is -2.31. The molecule has 0 atom stereocenters. The van der Waals surface area contributed by atoms with Crippen molar-refractivity contribution in [1.82, 2.24) is 0 Å². The van der Waals surface area contributed by atoms with E-state index in [0.717, 1.165) is 12.1 Å². The Hall–Kier alpha value is -1.02. The molecule has 0 aromatic carbocycles. The van der Waals surface area contributed by atoms with E-state index in [0.29, 0.717) is 0 Å². The lowest BCUT2D eigenvalue weighted by atomic mass is 10.3. The average molecular weight is 164 g/mol. The first-order chi connectivity index (χ1) is 5.36. The number of hydrogen-bond donors (Lipinski definition) is 0. The summed E-state index contributed by atoms with van der Waals surface area (Å²) in [5.74, 6) is 0. The molecule has 0 unspecified atom stereocenters. The number of allylic oxidation sites excluding steroid dienone is 1. The molecule has 0 saturated carbocycles. The predicted molar refractivity (Wildman–Crippen MR) is 49.6 cm³/mol. The van der Waals surface area contributed by atoms with Crippen molar-refractivity contribution >= 4 is 17.6 Å². The first-order valence-corrected chi connectivity index (χ1v) is 3.89. The molecular weight excluding hydrogens is 154 g/mol. The smallest absolute Gasteiger partial charge is 0.169 e. The third-order valence-corrected chi connectivity index (χ3v) is 1.67. The Bertz CT molecular complexity index is 251. The van der Waals surface area contributed by atoms with Gasteiger partial charge in [-0.05, 0) is 11.6 Å². The maximum absolute atomic E-state index is 4.77. The molecule has 1 aromatic rings. The van der Waals surface area contributed by atoms with Crippen LogP contribution in [0.2, 0.25) is 0 Å². The molecule has 0 bridgehead atoms. The van der Waals surface area contributed by atoms with E-state index >= 15 is 0 Å². The van der Waals surface area contributed by atoms with Gasteiger partial charge in [-0.15, -0.1) is 0 Å². The van der Waals surface area contributed by atoms with Crippen molar-refractivity contribution in [3.05, 3.63) is 42.7 Å². The van der Waals surface area contributed by atoms with Crippen molar-refractivity contribution in [2.45, 2.75) is 6.54 Å². The van der Waals surface area contributed by atoms with Gasteiger partial charge >= 0.3 is 0 Å². The van der Waals surface area contributed by atoms with Crippen molar-refractivity contribution in [2.24, 2.45) is 0 Å². The van der Waals surface area contributed by atoms with Gasteiger partial charge in [-0.3, -0.25) is 0 Å². The van der Waals surface area contributed by atoms with Crippen molar-refractivity contribution < 1.29 is 4.57 Å². The van der Waals surface area contributed by atoms with Gasteiger partial charge in [0.15, 0.2) is 18.9 Å². The van der Waals surface area contributed by atoms with Crippen LogP contribution in [0.25, 0.3) is 0 Å². The number of rotatable bonds is 3. The van der Waals surface area contributed by atoms with Gasteiger partial charge in [0, 0.05) is 17.5 Å². The molecule has 0 aliphatic rings. The fraction of sp³-hybridized carbons (Fsp3) is 0.111. The molecule has 0 aliphatic heterocycles. The summed E-state index contributed by atoms with van der Waals surface area (Å²) in [6.07, 6.45) is 5.83. The summed E-state index contributed by atoms with van der Waals surface area (Å²) >= 11 is 4.77. The Morgan fingerprint density at radius 2 is 2.09 bits per heavy atom. The van der Waals surface area contributed by atoms with Crippen LogP contribution in [-0.2, 0) is 6.54 Å². The summed E-state index contributed by atoms with van der Waals surface area (Å²) in [6, 6.07) is 3.97. The molecule has 0 N–H and O–H groups in total. The van der Waals surface area contributed by atoms with Crippen LogP contribution >= 0.6 is 12.2 Å². The quantitative estimate of drug-likeness (QED) is 0.372. The summed E-state index contributed by atoms with van der Waals surface area (Å²) in [5, 5.41) is 1.66. The maximum Gasteiger partial charge on any atom is 0.169 e. The van der Waals surface area contributed by atoms with Crippen LogP contribution in [-0.4, -0.2) is 5.37 Å². The molecule has 0 spiro atoms. The van der Waals surface area contributed by atoms with Crippen LogP contribution in [0.5, 0.6) is 0 Å². The van der Waals surface area contributed by atoms with Crippen LogP contribution in [0.4, 0.5) is 0 Å². The van der Waals surface area contributed by atoms with E-state index < -0.39 is 0 Å². The molecule has 0 fully saturated rings. The van der Waals surface area contributed by atoms with E-state index in [1.165, 1.54) is 0 Å². The average Bonchev–Trinajstić information content (AvgIpc) is 2.07. The van der Waals surface area contributed by atoms with Gasteiger partial charge < -0.3 is 0 Å². The van der Waals surface area contributed by atoms with Gasteiger partial charge in [0.05, 0.1) is 0 Å². The second kappa shape index (κ2) is 3.98. The molecule has 1 aromatic heterocycles. The second-order valence-electron chi connectivity index (χ2n) is 2.23. The topological polar surface area (TPSA) is 3.88 Å². The number of nitrogens with zero attached hydrogens (tertiary/aromatic N) is 1. The molecule has 11 heavy (non-hydrogen) atoms. The lowest BCUT2D eigenvalue weighted by molar-refractivity contribution is -0.687. The molecular formula is C9H10NS+. The Morgan fingerprint density at radius 1 is 1.45 bits per heavy atom. The fourth-order valence-electron chi connectivity index (χ4n) is 0.818. The molecule has 2 heteroatoms. The second-order valence-corrected chi connectivity index (χ2v) is 2.47. The van der Waals surface area contributed by atoms with E-state index in [4.69, 9.17) is 12.2 Å². The normalized spacial score (nSPS) is 9.09. The van der Waals surface area contributed by atoms with Gasteiger partial charge in [0.2, 0.25) is 0 Å². The highest BCUT2D eigenvalue weighted by molar-refractivity contribution is 7.79. The first kappa shape index (κ1) is 8.08. The summed E-state index contributed by atoms with van der Waals surface area (Å²) in [6.45, 7) is 4.49. The zero-order chi connectivity index (χ0) is 8.10. The molecule has 1 rings (SSSR count). The van der Waals surface area contributed by atoms with E-state index in [1.807, 2.05) is 35.2 Å². The maximum atomic E-state index is 4.77. The standard InChI is InChI=1S/C9H10NS/c1-2-5-10-6-3-9(8-11)4-7-10/h2-4,6-8H,1,5H2/q+1. The Morgan fingerprint density at radius 3 is 2.55 bits per heavy atom. The van der Waals surface area contributed by atoms with E-state index in [-0.39, 0.29) is 0 Å². The molecule has 0 saturated heterocycles. The highest BCUT2D eigenvalue weighted by Crippen LogP contribution is 1.89. The monoisotopic (exact) mass is 164 g/mol. The summed E-state index contributed by atoms with van der Waals surface area (Å²) in [4.78, 5) is 0. The number of hydrogen-bond acceptors (Lipinski definition) is 1. The number of aromatic nitrogens is 1. The molecule has 0 amide bonds. The highest BCUT2D eigenvalue weighted by Gasteiger charge is 1.94. The van der Waals surface area contributed by atoms with Crippen molar-refractivity contribution in [3.63, 3.8) is 0 Å². The predicted octanol–water partition coefficient (Wildman–Crippen LogP) is 1.51. The lowest BCUT2D eigenvalue weighted by Gasteiger charge is -1.90. The molecule has 0 aliphatic carbocycles. The van der Waals surface area contributed by atoms with Gasteiger partial charge in [0.25, 0.3) is 0 Å². The molecule has 1 nitrogen and oxygen atoms in total. The summed E-state index contributed by atoms with van der Waals surface area (Å²) < 4.78 is 2.04. The van der Waals surface area contributed by atoms with E-state index in [1.54, 1.807) is 5.37 Å². The van der Waals surface area contributed by atoms with E-state index in [9.17, 15) is 0 Å². The summed E-state index contributed by atoms with van der Waals surface area (Å²) in [7, 11) is 0. The van der Waals surface area contributed by atoms with Gasteiger partial charge in [-0.1, -0.05) is 18.8 Å². The highest BCUT2D eigenvalue weighted by atomic mass is 32.1. The zero-order valence-corrected chi connectivity index (χ0v) is 7.05. The number of thiocarbonyl (C=S) groups is 1. The Balaban J connectivity index is 2.81. The third kappa shape index (κ3) is 2.24. The third-order valence-electron chi connectivity index (χ3n) is 1.39. The molecule has 1 heterocycles. The largest absolute Gasteiger partial charge is 0.201 e. The van der Waals surface area contributed by atoms with Gasteiger partial charge in [-0.25, -0.2) is 4.57 Å². The van der Waals surface area contributed by atoms with Crippen LogP contribution in [0.1, 0.15) is 5.56 Å². The van der Waals surface area contributed by atoms with Crippen LogP contribution in [0.3, 0.4) is 0 Å². The summed E-state index contributed by atoms with van der Waals surface area (Å²) in [5.41, 5.74) is 1.07. The SMILES string of the molecule is C=CC[n+]1ccc(C=S)cc1. The minimum atomic E-state index is 0.845. The van der Waals surface area contributed by atoms with Gasteiger partial charge in [-0.2, -0.15) is 0 Å². The van der Waals surface area contributed by atoms with Crippen molar-refractivity contribution in [2.75, 3.05) is 0 Å². The molecule has 56 valence electrons. The van der Waals surface area contributed by atoms with Crippen LogP contribution in [0, 0.1) is 0 Å². The van der Waals surface area contributed by atoms with Gasteiger partial charge in [0.1, 0.15) is 0 Å². The zero-order valence-electron chi connectivity index (χ0n) is 6.23. The van der Waals surface area contributed by atoms with E-state index in [2.05, 4.69) is 6.58 Å². The van der Waals surface area contributed by atoms with Crippen molar-refractivity contribution in [3.8, 4) is 0 Å². The van der Waals surface area contributed by atoms with Crippen LogP contribution < -0.4 is 4.57 Å². The van der Waals surface area contributed by atoms with Crippen LogP contribution in [0.15, 0.2) is 37.2 Å². The molecule has 0 radical (unpaired) electrons. The minimum Gasteiger partial charge on any atom is -0.201 e. The van der Waals surface area contributed by atoms with Crippen molar-refractivity contribution in [1.29, 1.82) is 0 Å². The minimum absolute atomic E-state index is 0.845. The first-order valence-electron chi connectivity index (χ1n) is 3.42.